The molecule has 0 bridgehead atoms. The zero-order valence-corrected chi connectivity index (χ0v) is 14.7. The first kappa shape index (κ1) is 17.0. The number of H-pyrrole nitrogens is 1. The Morgan fingerprint density at radius 3 is 2.84 bits per heavy atom. The minimum absolute atomic E-state index is 0.173. The van der Waals surface area contributed by atoms with Crippen molar-refractivity contribution in [3.05, 3.63) is 63.2 Å². The van der Waals surface area contributed by atoms with Gasteiger partial charge >= 0.3 is 0 Å². The Balaban J connectivity index is 1.78. The first-order valence-electron chi connectivity index (χ1n) is 8.41. The molecule has 3 rings (SSSR count). The summed E-state index contributed by atoms with van der Waals surface area (Å²) >= 11 is 0. The van der Waals surface area contributed by atoms with Crippen molar-refractivity contribution in [3.8, 4) is 0 Å². The second kappa shape index (κ2) is 6.93. The van der Waals surface area contributed by atoms with Gasteiger partial charge in [0.2, 0.25) is 0 Å². The first-order valence-corrected chi connectivity index (χ1v) is 8.41. The third-order valence-corrected chi connectivity index (χ3v) is 4.19. The number of aromatic nitrogens is 3. The lowest BCUT2D eigenvalue weighted by Gasteiger charge is -2.07. The summed E-state index contributed by atoms with van der Waals surface area (Å²) in [5, 5.41) is 8.08. The molecule has 25 heavy (non-hydrogen) atoms. The quantitative estimate of drug-likeness (QED) is 0.750. The molecule has 0 aliphatic rings. The van der Waals surface area contributed by atoms with E-state index in [1.165, 1.54) is 0 Å². The molecule has 130 valence electrons. The summed E-state index contributed by atoms with van der Waals surface area (Å²) in [7, 11) is 1.75. The third-order valence-electron chi connectivity index (χ3n) is 4.19. The maximum absolute atomic E-state index is 12.4. The molecule has 0 aliphatic heterocycles. The summed E-state index contributed by atoms with van der Waals surface area (Å²) in [6, 6.07) is 9.51. The number of carbonyl (C=O) groups excluding carboxylic acids is 1. The van der Waals surface area contributed by atoms with Crippen molar-refractivity contribution in [2.24, 2.45) is 7.05 Å². The van der Waals surface area contributed by atoms with E-state index >= 15 is 0 Å². The highest BCUT2D eigenvalue weighted by molar-refractivity contribution is 5.92. The van der Waals surface area contributed by atoms with Crippen molar-refractivity contribution in [1.82, 2.24) is 20.1 Å². The molecular formula is C19H22N4O2. The Morgan fingerprint density at radius 1 is 1.28 bits per heavy atom. The number of benzene rings is 1. The van der Waals surface area contributed by atoms with Crippen LogP contribution in [0.1, 0.15) is 40.7 Å². The van der Waals surface area contributed by atoms with Crippen molar-refractivity contribution < 1.29 is 4.79 Å². The number of hydrogen-bond acceptors (Lipinski definition) is 3. The number of aromatic amines is 1. The molecule has 6 nitrogen and oxygen atoms in total. The molecule has 0 unspecified atom stereocenters. The molecule has 1 aromatic carbocycles. The molecule has 6 heteroatoms. The number of rotatable bonds is 5. The van der Waals surface area contributed by atoms with E-state index in [-0.39, 0.29) is 18.0 Å². The van der Waals surface area contributed by atoms with Crippen LogP contribution in [0.25, 0.3) is 10.9 Å². The Morgan fingerprint density at radius 2 is 2.08 bits per heavy atom. The zero-order chi connectivity index (χ0) is 18.0. The highest BCUT2D eigenvalue weighted by Crippen LogP contribution is 2.13. The van der Waals surface area contributed by atoms with Gasteiger partial charge in [-0.3, -0.25) is 14.3 Å². The summed E-state index contributed by atoms with van der Waals surface area (Å²) in [5.41, 5.74) is 3.63. The lowest BCUT2D eigenvalue weighted by atomic mass is 10.1. The molecule has 0 saturated heterocycles. The van der Waals surface area contributed by atoms with Gasteiger partial charge in [-0.05, 0) is 42.5 Å². The van der Waals surface area contributed by atoms with Crippen LogP contribution in [0.2, 0.25) is 0 Å². The highest BCUT2D eigenvalue weighted by Gasteiger charge is 2.13. The Bertz CT molecular complexity index is 985. The lowest BCUT2D eigenvalue weighted by molar-refractivity contribution is 0.0941. The van der Waals surface area contributed by atoms with Gasteiger partial charge in [-0.2, -0.15) is 5.10 Å². The van der Waals surface area contributed by atoms with E-state index in [1.807, 2.05) is 31.2 Å². The number of nitrogens with one attached hydrogen (secondary N) is 2. The zero-order valence-electron chi connectivity index (χ0n) is 14.7. The van der Waals surface area contributed by atoms with Gasteiger partial charge in [0.15, 0.2) is 0 Å². The van der Waals surface area contributed by atoms with Gasteiger partial charge < -0.3 is 10.3 Å². The van der Waals surface area contributed by atoms with E-state index in [2.05, 4.69) is 22.3 Å². The maximum atomic E-state index is 12.4. The van der Waals surface area contributed by atoms with Gasteiger partial charge in [-0.25, -0.2) is 0 Å². The largest absolute Gasteiger partial charge is 0.346 e. The van der Waals surface area contributed by atoms with Crippen LogP contribution in [0.4, 0.5) is 0 Å². The molecule has 2 aromatic heterocycles. The minimum atomic E-state index is -0.235. The molecule has 2 N–H and O–H groups in total. The number of hydrogen-bond donors (Lipinski definition) is 2. The highest BCUT2D eigenvalue weighted by atomic mass is 16.2. The molecule has 0 radical (unpaired) electrons. The van der Waals surface area contributed by atoms with Gasteiger partial charge in [-0.15, -0.1) is 0 Å². The fraction of sp³-hybridized carbons (Fsp3) is 0.316. The summed E-state index contributed by atoms with van der Waals surface area (Å²) in [4.78, 5) is 27.5. The van der Waals surface area contributed by atoms with Crippen LogP contribution in [-0.2, 0) is 20.0 Å². The number of fused-ring (bicyclic) bond motifs is 1. The molecule has 3 aromatic rings. The fourth-order valence-corrected chi connectivity index (χ4v) is 2.87. The number of aryl methyl sites for hydroxylation is 3. The van der Waals surface area contributed by atoms with Crippen LogP contribution in [0, 0.1) is 6.92 Å². The number of carbonyl (C=O) groups is 1. The normalized spacial score (nSPS) is 11.0. The SMILES string of the molecule is CCCc1cc(C(=O)NCc2cc3ccc(C)cc3[nH]c2=O)n(C)n1. The van der Waals surface area contributed by atoms with Gasteiger partial charge in [-0.1, -0.05) is 25.5 Å². The van der Waals surface area contributed by atoms with E-state index in [0.717, 1.165) is 35.0 Å². The maximum Gasteiger partial charge on any atom is 0.269 e. The van der Waals surface area contributed by atoms with Crippen molar-refractivity contribution in [3.63, 3.8) is 0 Å². The standard InChI is InChI=1S/C19H22N4O2/c1-4-5-15-10-17(23(3)22-15)19(25)20-11-14-9-13-7-6-12(2)8-16(13)21-18(14)24/h6-10H,4-5,11H2,1-3H3,(H,20,25)(H,21,24). The second-order valence-corrected chi connectivity index (χ2v) is 6.29. The molecule has 0 spiro atoms. The Labute approximate surface area is 145 Å². The van der Waals surface area contributed by atoms with Crippen LogP contribution < -0.4 is 10.9 Å². The topological polar surface area (TPSA) is 79.8 Å². The summed E-state index contributed by atoms with van der Waals surface area (Å²) in [6.07, 6.45) is 1.81. The van der Waals surface area contributed by atoms with Crippen LogP contribution in [0.5, 0.6) is 0 Å². The monoisotopic (exact) mass is 338 g/mol. The Kier molecular flexibility index (Phi) is 4.70. The fourth-order valence-electron chi connectivity index (χ4n) is 2.87. The van der Waals surface area contributed by atoms with Crippen LogP contribution >= 0.6 is 0 Å². The number of pyridine rings is 1. The van der Waals surface area contributed by atoms with Crippen molar-refractivity contribution in [1.29, 1.82) is 0 Å². The minimum Gasteiger partial charge on any atom is -0.346 e. The van der Waals surface area contributed by atoms with Crippen molar-refractivity contribution in [2.75, 3.05) is 0 Å². The second-order valence-electron chi connectivity index (χ2n) is 6.29. The summed E-state index contributed by atoms with van der Waals surface area (Å²) in [6.45, 7) is 4.22. The van der Waals surface area contributed by atoms with E-state index in [9.17, 15) is 9.59 Å². The van der Waals surface area contributed by atoms with E-state index in [4.69, 9.17) is 0 Å². The van der Waals surface area contributed by atoms with Crippen LogP contribution in [0.15, 0.2) is 35.1 Å². The van der Waals surface area contributed by atoms with E-state index in [0.29, 0.717) is 11.3 Å². The molecule has 0 atom stereocenters. The Hall–Kier alpha value is -2.89. The average Bonchev–Trinajstić information content (AvgIpc) is 2.93. The van der Waals surface area contributed by atoms with Crippen molar-refractivity contribution >= 4 is 16.8 Å². The number of amides is 1. The average molecular weight is 338 g/mol. The lowest BCUT2D eigenvalue weighted by Crippen LogP contribution is -2.28. The van der Waals surface area contributed by atoms with Crippen LogP contribution in [0.3, 0.4) is 0 Å². The smallest absolute Gasteiger partial charge is 0.269 e. The van der Waals surface area contributed by atoms with Gasteiger partial charge in [0, 0.05) is 24.7 Å². The molecule has 0 aliphatic carbocycles. The molecule has 1 amide bonds. The molecular weight excluding hydrogens is 316 g/mol. The first-order chi connectivity index (χ1) is 12.0. The summed E-state index contributed by atoms with van der Waals surface area (Å²) in [5.74, 6) is -0.235. The van der Waals surface area contributed by atoms with Crippen molar-refractivity contribution in [2.45, 2.75) is 33.2 Å². The molecule has 2 heterocycles. The molecule has 0 fully saturated rings. The van der Waals surface area contributed by atoms with E-state index in [1.54, 1.807) is 17.8 Å². The van der Waals surface area contributed by atoms with Gasteiger partial charge in [0.25, 0.3) is 11.5 Å². The van der Waals surface area contributed by atoms with E-state index < -0.39 is 0 Å². The van der Waals surface area contributed by atoms with Gasteiger partial charge in [0.1, 0.15) is 5.69 Å². The third kappa shape index (κ3) is 3.63. The van der Waals surface area contributed by atoms with Crippen LogP contribution in [-0.4, -0.2) is 20.7 Å². The molecule has 0 saturated carbocycles. The summed E-state index contributed by atoms with van der Waals surface area (Å²) < 4.78 is 1.58. The predicted octanol–water partition coefficient (Wildman–Crippen LogP) is 2.45. The predicted molar refractivity (Wildman–Crippen MR) is 97.7 cm³/mol. The van der Waals surface area contributed by atoms with Gasteiger partial charge in [0.05, 0.1) is 5.69 Å². The number of nitrogens with zero attached hydrogens (tertiary/aromatic N) is 2.